The lowest BCUT2D eigenvalue weighted by molar-refractivity contribution is -0.124. The van der Waals surface area contributed by atoms with Gasteiger partial charge >= 0.3 is 0 Å². The van der Waals surface area contributed by atoms with Crippen molar-refractivity contribution in [2.24, 2.45) is 5.41 Å². The number of likely N-dealkylation sites (N-methyl/N-ethyl adjacent to an activating group) is 1. The van der Waals surface area contributed by atoms with Gasteiger partial charge in [0.2, 0.25) is 0 Å². The van der Waals surface area contributed by atoms with E-state index in [1.807, 2.05) is 14.0 Å². The van der Waals surface area contributed by atoms with Crippen molar-refractivity contribution in [3.05, 3.63) is 10.8 Å². The maximum atomic E-state index is 12.7. The SMILES string of the molecule is CNC1C(=O)C(c2nsc(C)n2)CCCC1(C)C. The van der Waals surface area contributed by atoms with Crippen molar-refractivity contribution in [1.82, 2.24) is 14.7 Å². The first-order chi connectivity index (χ1) is 8.45. The lowest BCUT2D eigenvalue weighted by Crippen LogP contribution is -2.46. The van der Waals surface area contributed by atoms with Crippen LogP contribution in [-0.2, 0) is 4.79 Å². The van der Waals surface area contributed by atoms with Crippen LogP contribution in [0.5, 0.6) is 0 Å². The van der Waals surface area contributed by atoms with Crippen LogP contribution in [0.2, 0.25) is 0 Å². The summed E-state index contributed by atoms with van der Waals surface area (Å²) in [4.78, 5) is 17.1. The number of hydrogen-bond donors (Lipinski definition) is 1. The highest BCUT2D eigenvalue weighted by Crippen LogP contribution is 2.37. The Balaban J connectivity index is 2.30. The fraction of sp³-hybridized carbons (Fsp3) is 0.769. The first kappa shape index (κ1) is 13.6. The summed E-state index contributed by atoms with van der Waals surface area (Å²) in [6, 6.07) is -0.103. The number of carbonyl (C=O) groups excluding carboxylic acids is 1. The van der Waals surface area contributed by atoms with E-state index in [9.17, 15) is 4.79 Å². The molecule has 0 spiro atoms. The van der Waals surface area contributed by atoms with Gasteiger partial charge < -0.3 is 5.32 Å². The number of hydrogen-bond acceptors (Lipinski definition) is 5. The molecule has 2 rings (SSSR count). The lowest BCUT2D eigenvalue weighted by Gasteiger charge is -2.31. The summed E-state index contributed by atoms with van der Waals surface area (Å²) in [6.45, 7) is 6.25. The van der Waals surface area contributed by atoms with Crippen LogP contribution in [0.1, 0.15) is 49.9 Å². The monoisotopic (exact) mass is 267 g/mol. The van der Waals surface area contributed by atoms with Crippen molar-refractivity contribution in [2.75, 3.05) is 7.05 Å². The molecule has 1 aliphatic carbocycles. The molecule has 0 aromatic carbocycles. The highest BCUT2D eigenvalue weighted by molar-refractivity contribution is 7.05. The van der Waals surface area contributed by atoms with Crippen LogP contribution in [-0.4, -0.2) is 28.2 Å². The highest BCUT2D eigenvalue weighted by Gasteiger charge is 2.41. The molecule has 1 N–H and O–H groups in total. The number of ketones is 1. The molecule has 0 bridgehead atoms. The molecular weight excluding hydrogens is 246 g/mol. The average molecular weight is 267 g/mol. The van der Waals surface area contributed by atoms with E-state index in [0.29, 0.717) is 0 Å². The Morgan fingerprint density at radius 2 is 2.17 bits per heavy atom. The zero-order chi connectivity index (χ0) is 13.3. The van der Waals surface area contributed by atoms with Crippen LogP contribution in [0.4, 0.5) is 0 Å². The molecular formula is C13H21N3OS. The van der Waals surface area contributed by atoms with Crippen LogP contribution in [0.25, 0.3) is 0 Å². The van der Waals surface area contributed by atoms with Crippen LogP contribution in [0, 0.1) is 12.3 Å². The molecule has 0 amide bonds. The third-order valence-corrected chi connectivity index (χ3v) is 4.50. The van der Waals surface area contributed by atoms with E-state index in [2.05, 4.69) is 28.5 Å². The van der Waals surface area contributed by atoms with E-state index in [1.54, 1.807) is 0 Å². The third-order valence-electron chi connectivity index (χ3n) is 3.87. The van der Waals surface area contributed by atoms with Crippen molar-refractivity contribution in [2.45, 2.75) is 52.0 Å². The maximum Gasteiger partial charge on any atom is 0.160 e. The molecule has 0 saturated heterocycles. The summed E-state index contributed by atoms with van der Waals surface area (Å²) in [5, 5.41) is 4.12. The zero-order valence-corrected chi connectivity index (χ0v) is 12.3. The van der Waals surface area contributed by atoms with Gasteiger partial charge in [0, 0.05) is 0 Å². The summed E-state index contributed by atoms with van der Waals surface area (Å²) in [5.41, 5.74) is 0.00560. The van der Waals surface area contributed by atoms with E-state index < -0.39 is 0 Å². The molecule has 1 fully saturated rings. The lowest BCUT2D eigenvalue weighted by atomic mass is 9.79. The Hall–Kier alpha value is -0.810. The smallest absolute Gasteiger partial charge is 0.160 e. The number of aryl methyl sites for hydroxylation is 1. The first-order valence-corrected chi connectivity index (χ1v) is 7.24. The molecule has 18 heavy (non-hydrogen) atoms. The average Bonchev–Trinajstić information content (AvgIpc) is 2.66. The van der Waals surface area contributed by atoms with Gasteiger partial charge in [-0.2, -0.15) is 4.37 Å². The van der Waals surface area contributed by atoms with E-state index >= 15 is 0 Å². The Kier molecular flexibility index (Phi) is 3.82. The second kappa shape index (κ2) is 5.05. The van der Waals surface area contributed by atoms with Gasteiger partial charge in [-0.15, -0.1) is 0 Å². The summed E-state index contributed by atoms with van der Waals surface area (Å²) in [6.07, 6.45) is 2.99. The molecule has 1 saturated carbocycles. The topological polar surface area (TPSA) is 54.9 Å². The molecule has 2 atom stereocenters. The first-order valence-electron chi connectivity index (χ1n) is 6.47. The molecule has 1 heterocycles. The predicted octanol–water partition coefficient (Wildman–Crippen LogP) is 2.30. The van der Waals surface area contributed by atoms with E-state index in [0.717, 1.165) is 30.1 Å². The quantitative estimate of drug-likeness (QED) is 0.835. The Bertz CT molecular complexity index is 441. The van der Waals surface area contributed by atoms with Crippen LogP contribution in [0.15, 0.2) is 0 Å². The molecule has 2 unspecified atom stereocenters. The summed E-state index contributed by atoms with van der Waals surface area (Å²) >= 11 is 1.38. The Morgan fingerprint density at radius 1 is 1.44 bits per heavy atom. The molecule has 4 nitrogen and oxygen atoms in total. The van der Waals surface area contributed by atoms with Crippen molar-refractivity contribution >= 4 is 17.3 Å². The van der Waals surface area contributed by atoms with E-state index in [4.69, 9.17) is 0 Å². The zero-order valence-electron chi connectivity index (χ0n) is 11.5. The highest BCUT2D eigenvalue weighted by atomic mass is 32.1. The normalized spacial score (nSPS) is 28.1. The number of nitrogens with zero attached hydrogens (tertiary/aromatic N) is 2. The number of Topliss-reactive ketones (excluding diaryl/α,β-unsaturated/α-hetero) is 1. The largest absolute Gasteiger partial charge is 0.310 e. The molecule has 1 aromatic rings. The summed E-state index contributed by atoms with van der Waals surface area (Å²) in [5.74, 6) is 0.840. The third kappa shape index (κ3) is 2.47. The molecule has 100 valence electrons. The van der Waals surface area contributed by atoms with Crippen molar-refractivity contribution in [3.8, 4) is 0 Å². The van der Waals surface area contributed by atoms with Crippen molar-refractivity contribution in [1.29, 1.82) is 0 Å². The van der Waals surface area contributed by atoms with Crippen molar-refractivity contribution < 1.29 is 4.79 Å². The summed E-state index contributed by atoms with van der Waals surface area (Å²) in [7, 11) is 1.87. The standard InChI is InChI=1S/C13H21N3OS/c1-8-15-12(16-18-8)9-6-5-7-13(2,3)11(14-4)10(9)17/h9,11,14H,5-7H2,1-4H3. The Labute approximate surface area is 112 Å². The number of rotatable bonds is 2. The molecule has 5 heteroatoms. The Morgan fingerprint density at radius 3 is 2.72 bits per heavy atom. The molecule has 0 radical (unpaired) electrons. The maximum absolute atomic E-state index is 12.7. The van der Waals surface area contributed by atoms with Crippen LogP contribution < -0.4 is 5.32 Å². The van der Waals surface area contributed by atoms with Gasteiger partial charge in [0.1, 0.15) is 5.01 Å². The summed E-state index contributed by atoms with van der Waals surface area (Å²) < 4.78 is 4.33. The van der Waals surface area contributed by atoms with Crippen molar-refractivity contribution in [3.63, 3.8) is 0 Å². The molecule has 0 aliphatic heterocycles. The minimum absolute atomic E-state index is 0.00560. The fourth-order valence-corrected chi connectivity index (χ4v) is 3.41. The van der Waals surface area contributed by atoms with Gasteiger partial charge in [0.05, 0.1) is 12.0 Å². The number of nitrogens with one attached hydrogen (secondary N) is 1. The van der Waals surface area contributed by atoms with E-state index in [1.165, 1.54) is 11.5 Å². The second-order valence-corrected chi connectivity index (χ2v) is 6.69. The van der Waals surface area contributed by atoms with Gasteiger partial charge in [-0.1, -0.05) is 20.3 Å². The minimum atomic E-state index is -0.130. The van der Waals surface area contributed by atoms with Crippen LogP contribution >= 0.6 is 11.5 Å². The van der Waals surface area contributed by atoms with Gasteiger partial charge in [-0.05, 0) is 43.8 Å². The second-order valence-electron chi connectivity index (χ2n) is 5.73. The van der Waals surface area contributed by atoms with E-state index in [-0.39, 0.29) is 23.2 Å². The predicted molar refractivity (Wildman–Crippen MR) is 72.9 cm³/mol. The fourth-order valence-electron chi connectivity index (χ4n) is 2.88. The van der Waals surface area contributed by atoms with Gasteiger partial charge in [-0.25, -0.2) is 4.98 Å². The number of aromatic nitrogens is 2. The van der Waals surface area contributed by atoms with Gasteiger partial charge in [0.25, 0.3) is 0 Å². The molecule has 1 aromatic heterocycles. The van der Waals surface area contributed by atoms with Gasteiger partial charge in [-0.3, -0.25) is 4.79 Å². The van der Waals surface area contributed by atoms with Crippen LogP contribution in [0.3, 0.4) is 0 Å². The minimum Gasteiger partial charge on any atom is -0.310 e. The van der Waals surface area contributed by atoms with Gasteiger partial charge in [0.15, 0.2) is 11.6 Å². The molecule has 1 aliphatic rings. The number of carbonyl (C=O) groups is 1.